The Bertz CT molecular complexity index is 1220. The van der Waals surface area contributed by atoms with Crippen LogP contribution >= 0.6 is 0 Å². The summed E-state index contributed by atoms with van der Waals surface area (Å²) in [7, 11) is 5.31. The highest BCUT2D eigenvalue weighted by molar-refractivity contribution is 5.96. The van der Waals surface area contributed by atoms with E-state index in [4.69, 9.17) is 0 Å². The van der Waals surface area contributed by atoms with Gasteiger partial charge in [0.25, 0.3) is 0 Å². The molecule has 3 N–H and O–H groups in total. The molecule has 0 unspecified atom stereocenters. The van der Waals surface area contributed by atoms with Crippen LogP contribution in [0.2, 0.25) is 0 Å². The number of amides is 1. The number of nitrogens with one attached hydrogen (secondary N) is 3. The number of pyridine rings is 1. The third kappa shape index (κ3) is 4.97. The van der Waals surface area contributed by atoms with Crippen molar-refractivity contribution in [1.82, 2.24) is 30.2 Å². The highest BCUT2D eigenvalue weighted by atomic mass is 19.1. The Kier molecular flexibility index (Phi) is 6.29. The first-order valence-corrected chi connectivity index (χ1v) is 10.3. The highest BCUT2D eigenvalue weighted by Crippen LogP contribution is 2.24. The van der Waals surface area contributed by atoms with Crippen LogP contribution in [0.15, 0.2) is 54.9 Å². The number of rotatable bonds is 8. The van der Waals surface area contributed by atoms with Gasteiger partial charge < -0.3 is 15.5 Å². The molecular weight excluding hydrogens is 425 g/mol. The number of carbonyl (C=O) groups is 1. The summed E-state index contributed by atoms with van der Waals surface area (Å²) in [4.78, 5) is 19.3. The minimum atomic E-state index is -0.629. The number of aromatic nitrogens is 6. The van der Waals surface area contributed by atoms with Gasteiger partial charge in [-0.3, -0.25) is 9.48 Å². The second-order valence-corrected chi connectivity index (χ2v) is 7.49. The Labute approximate surface area is 189 Å². The van der Waals surface area contributed by atoms with E-state index in [-0.39, 0.29) is 11.7 Å². The predicted molar refractivity (Wildman–Crippen MR) is 123 cm³/mol. The first kappa shape index (κ1) is 21.9. The summed E-state index contributed by atoms with van der Waals surface area (Å²) in [5.41, 5.74) is 2.38. The van der Waals surface area contributed by atoms with Gasteiger partial charge in [-0.2, -0.15) is 15.4 Å². The first-order valence-electron chi connectivity index (χ1n) is 10.3. The van der Waals surface area contributed by atoms with Crippen LogP contribution in [-0.2, 0) is 18.3 Å². The van der Waals surface area contributed by atoms with Crippen LogP contribution in [0.1, 0.15) is 5.56 Å². The van der Waals surface area contributed by atoms with Gasteiger partial charge in [0, 0.05) is 45.4 Å². The number of aromatic amines is 1. The molecule has 0 saturated carbocycles. The topological polar surface area (TPSA) is 117 Å². The van der Waals surface area contributed by atoms with E-state index in [2.05, 4.69) is 36.1 Å². The van der Waals surface area contributed by atoms with E-state index >= 15 is 0 Å². The largest absolute Gasteiger partial charge is 0.373 e. The number of hydrogen-bond acceptors (Lipinski definition) is 7. The van der Waals surface area contributed by atoms with E-state index < -0.39 is 6.04 Å². The Morgan fingerprint density at radius 1 is 1.24 bits per heavy atom. The van der Waals surface area contributed by atoms with E-state index in [1.54, 1.807) is 55.1 Å². The molecule has 11 heteroatoms. The average Bonchev–Trinajstić information content (AvgIpc) is 3.49. The fourth-order valence-corrected chi connectivity index (χ4v) is 3.44. The maximum absolute atomic E-state index is 13.4. The Balaban J connectivity index is 1.58. The highest BCUT2D eigenvalue weighted by Gasteiger charge is 2.26. The van der Waals surface area contributed by atoms with Crippen LogP contribution in [0.3, 0.4) is 0 Å². The van der Waals surface area contributed by atoms with Gasteiger partial charge in [-0.15, -0.1) is 5.10 Å². The van der Waals surface area contributed by atoms with E-state index in [1.807, 2.05) is 12.1 Å². The number of hydrogen-bond donors (Lipinski definition) is 3. The maximum Gasteiger partial charge on any atom is 0.248 e. The lowest BCUT2D eigenvalue weighted by atomic mass is 10.0. The number of benzene rings is 1. The molecule has 170 valence electrons. The van der Waals surface area contributed by atoms with Gasteiger partial charge >= 0.3 is 0 Å². The van der Waals surface area contributed by atoms with Crippen molar-refractivity contribution in [2.24, 2.45) is 7.05 Å². The summed E-state index contributed by atoms with van der Waals surface area (Å²) < 4.78 is 15.0. The average molecular weight is 449 g/mol. The molecule has 10 nitrogen and oxygen atoms in total. The summed E-state index contributed by atoms with van der Waals surface area (Å²) >= 11 is 0. The van der Waals surface area contributed by atoms with Crippen molar-refractivity contribution in [3.8, 4) is 11.3 Å². The van der Waals surface area contributed by atoms with Crippen molar-refractivity contribution in [3.05, 3.63) is 66.2 Å². The van der Waals surface area contributed by atoms with Gasteiger partial charge in [-0.05, 0) is 29.8 Å². The zero-order chi connectivity index (χ0) is 23.4. The molecule has 0 aliphatic carbocycles. The molecule has 0 radical (unpaired) electrons. The lowest BCUT2D eigenvalue weighted by molar-refractivity contribution is -0.117. The molecule has 33 heavy (non-hydrogen) atoms. The molecule has 0 aliphatic rings. The quantitative estimate of drug-likeness (QED) is 0.378. The van der Waals surface area contributed by atoms with Crippen molar-refractivity contribution >= 4 is 23.4 Å². The van der Waals surface area contributed by atoms with Crippen LogP contribution < -0.4 is 15.5 Å². The maximum atomic E-state index is 13.4. The molecule has 0 spiro atoms. The third-order valence-electron chi connectivity index (χ3n) is 5.32. The van der Waals surface area contributed by atoms with E-state index in [1.165, 1.54) is 18.3 Å². The van der Waals surface area contributed by atoms with E-state index in [9.17, 15) is 9.18 Å². The summed E-state index contributed by atoms with van der Waals surface area (Å²) in [6.07, 6.45) is 3.58. The van der Waals surface area contributed by atoms with Gasteiger partial charge in [0.1, 0.15) is 23.5 Å². The molecule has 0 saturated heterocycles. The number of aryl methyl sites for hydroxylation is 1. The molecule has 1 aromatic carbocycles. The predicted octanol–water partition coefficient (Wildman–Crippen LogP) is 2.47. The standard InChI is InChI=1S/C22H24FN9O/c1-24-19-11-15(8-9-25-19)17-12-20(32(3)29-17)27-22(33)18(31(2)21-13-26-30-28-21)10-14-4-6-16(23)7-5-14/h4-9,11-13,18H,10H2,1-3H3,(H,24,25)(H,27,33)(H,26,28,30)/t18-/m0/s1. The smallest absolute Gasteiger partial charge is 0.248 e. The lowest BCUT2D eigenvalue weighted by Gasteiger charge is -2.27. The summed E-state index contributed by atoms with van der Waals surface area (Å²) in [5.74, 6) is 1.18. The molecular formula is C22H24FN9O. The monoisotopic (exact) mass is 449 g/mol. The number of nitrogens with zero attached hydrogens (tertiary/aromatic N) is 6. The van der Waals surface area contributed by atoms with Crippen LogP contribution in [0.4, 0.5) is 21.8 Å². The summed E-state index contributed by atoms with van der Waals surface area (Å²) in [6.45, 7) is 0. The van der Waals surface area contributed by atoms with Crippen molar-refractivity contribution < 1.29 is 9.18 Å². The van der Waals surface area contributed by atoms with Gasteiger partial charge in [0.2, 0.25) is 5.91 Å². The molecule has 1 atom stereocenters. The minimum absolute atomic E-state index is 0.259. The van der Waals surface area contributed by atoms with Crippen molar-refractivity contribution in [1.29, 1.82) is 0 Å². The van der Waals surface area contributed by atoms with Crippen LogP contribution in [-0.4, -0.2) is 56.2 Å². The zero-order valence-electron chi connectivity index (χ0n) is 18.5. The normalized spacial score (nSPS) is 11.8. The van der Waals surface area contributed by atoms with E-state index in [0.29, 0.717) is 23.8 Å². The summed E-state index contributed by atoms with van der Waals surface area (Å²) in [6, 6.07) is 11.0. The number of anilines is 3. The molecule has 3 heterocycles. The molecule has 0 fully saturated rings. The van der Waals surface area contributed by atoms with Crippen molar-refractivity contribution in [3.63, 3.8) is 0 Å². The third-order valence-corrected chi connectivity index (χ3v) is 5.32. The minimum Gasteiger partial charge on any atom is -0.373 e. The molecule has 4 aromatic rings. The van der Waals surface area contributed by atoms with Gasteiger partial charge in [-0.25, -0.2) is 9.37 Å². The molecule has 0 aliphatic heterocycles. The lowest BCUT2D eigenvalue weighted by Crippen LogP contribution is -2.44. The molecule has 1 amide bonds. The van der Waals surface area contributed by atoms with E-state index in [0.717, 1.165) is 16.9 Å². The van der Waals surface area contributed by atoms with Crippen LogP contribution in [0, 0.1) is 5.82 Å². The number of carbonyl (C=O) groups excluding carboxylic acids is 1. The molecule has 4 rings (SSSR count). The van der Waals surface area contributed by atoms with Crippen molar-refractivity contribution in [2.75, 3.05) is 29.6 Å². The Hall–Kier alpha value is -4.28. The first-order chi connectivity index (χ1) is 15.9. The molecule has 0 bridgehead atoms. The molecule has 3 aromatic heterocycles. The number of likely N-dealkylation sites (N-methyl/N-ethyl adjacent to an activating group) is 1. The van der Waals surface area contributed by atoms with Gasteiger partial charge in [0.15, 0.2) is 5.82 Å². The zero-order valence-corrected chi connectivity index (χ0v) is 18.5. The number of halogens is 1. The summed E-state index contributed by atoms with van der Waals surface area (Å²) in [5, 5.41) is 20.9. The SMILES string of the molecule is CNc1cc(-c2cc(NC(=O)[C@H](Cc3ccc(F)cc3)N(C)c3cn[nH]n3)n(C)n2)ccn1. The number of H-pyrrole nitrogens is 1. The van der Waals surface area contributed by atoms with Crippen molar-refractivity contribution in [2.45, 2.75) is 12.5 Å². The fraction of sp³-hybridized carbons (Fsp3) is 0.227. The van der Waals surface area contributed by atoms with Crippen LogP contribution in [0.5, 0.6) is 0 Å². The van der Waals surface area contributed by atoms with Crippen LogP contribution in [0.25, 0.3) is 11.3 Å². The Morgan fingerprint density at radius 2 is 2.03 bits per heavy atom. The second kappa shape index (κ2) is 9.47. The van der Waals surface area contributed by atoms with Gasteiger partial charge in [0.05, 0.1) is 11.9 Å². The Morgan fingerprint density at radius 3 is 2.73 bits per heavy atom. The fourth-order valence-electron chi connectivity index (χ4n) is 3.44. The van der Waals surface area contributed by atoms with Gasteiger partial charge in [-0.1, -0.05) is 12.1 Å². The second-order valence-electron chi connectivity index (χ2n) is 7.49.